The van der Waals surface area contributed by atoms with E-state index in [4.69, 9.17) is 18.9 Å². The zero-order valence-corrected chi connectivity index (χ0v) is 29.4. The van der Waals surface area contributed by atoms with Crippen LogP contribution >= 0.6 is 0 Å². The van der Waals surface area contributed by atoms with Crippen molar-refractivity contribution in [2.45, 2.75) is 141 Å². The lowest BCUT2D eigenvalue weighted by atomic mass is 9.49. The standard InChI is InChI=1S/C36H55NO11/c1-8-18(3)31(41)47-36(44)27-21(22-16-37-15-17(2)9-10-25(37)33(7,42)28(22)30(36)40)14-34-29(27)23(45-19(4)38)13-24-32(34,6)12-11-26(46-20(5)39)35(24,43)48-34/h17-18,21-30,40,42-44H,8-16H2,1-7H3/t17-,18+,21-,22-,23+,24-,25-,26-,27+,28+,29-,30+,32-,33+,34+,35-,36-/m0/s1. The van der Waals surface area contributed by atoms with Gasteiger partial charge in [-0.15, -0.1) is 0 Å². The Morgan fingerprint density at radius 3 is 2.29 bits per heavy atom. The summed E-state index contributed by atoms with van der Waals surface area (Å²) in [7, 11) is 0. The quantitative estimate of drug-likeness (QED) is 0.190. The summed E-state index contributed by atoms with van der Waals surface area (Å²) in [5, 5.41) is 50.3. The number of nitrogens with zero attached hydrogens (tertiary/aromatic N) is 1. The van der Waals surface area contributed by atoms with Crippen LogP contribution in [0.2, 0.25) is 0 Å². The number of piperidine rings is 2. The molecule has 4 N–H and O–H groups in total. The minimum absolute atomic E-state index is 0.170. The van der Waals surface area contributed by atoms with Crippen molar-refractivity contribution in [2.24, 2.45) is 52.8 Å². The molecule has 3 saturated heterocycles. The molecule has 4 aliphatic carbocycles. The zero-order valence-electron chi connectivity index (χ0n) is 29.4. The third-order valence-electron chi connectivity index (χ3n) is 14.6. The number of carbonyl (C=O) groups excluding carboxylic acids is 3. The normalized spacial score (nSPS) is 54.2. The second kappa shape index (κ2) is 11.1. The Morgan fingerprint density at radius 1 is 0.958 bits per heavy atom. The van der Waals surface area contributed by atoms with Gasteiger partial charge in [0.15, 0.2) is 6.10 Å². The molecule has 4 saturated carbocycles. The highest BCUT2D eigenvalue weighted by Gasteiger charge is 2.86. The van der Waals surface area contributed by atoms with E-state index in [0.29, 0.717) is 38.1 Å². The molecule has 7 fully saturated rings. The summed E-state index contributed by atoms with van der Waals surface area (Å²) in [5.74, 6) is -10.2. The average Bonchev–Trinajstić information content (AvgIpc) is 3.36. The van der Waals surface area contributed by atoms with Gasteiger partial charge in [0.2, 0.25) is 11.6 Å². The molecule has 0 aromatic rings. The summed E-state index contributed by atoms with van der Waals surface area (Å²) < 4.78 is 24.8. The molecule has 0 amide bonds. The first kappa shape index (κ1) is 34.6. The molecular formula is C36H55NO11. The van der Waals surface area contributed by atoms with Gasteiger partial charge in [-0.25, -0.2) is 0 Å². The van der Waals surface area contributed by atoms with E-state index >= 15 is 0 Å². The lowest BCUT2D eigenvalue weighted by Gasteiger charge is -2.63. The zero-order chi connectivity index (χ0) is 34.9. The van der Waals surface area contributed by atoms with Crippen LogP contribution in [-0.4, -0.2) is 103 Å². The Morgan fingerprint density at radius 2 is 1.65 bits per heavy atom. The fraction of sp³-hybridized carbons (Fsp3) is 0.917. The molecule has 0 unspecified atom stereocenters. The van der Waals surface area contributed by atoms with Crippen molar-refractivity contribution in [1.29, 1.82) is 0 Å². The molecule has 7 rings (SSSR count). The Balaban J connectivity index is 1.41. The molecule has 3 heterocycles. The van der Waals surface area contributed by atoms with E-state index in [0.717, 1.165) is 19.4 Å². The van der Waals surface area contributed by atoms with Gasteiger partial charge in [0.25, 0.3) is 0 Å². The number of fused-ring (bicyclic) bond motifs is 5. The molecule has 3 aliphatic heterocycles. The number of esters is 3. The molecule has 4 bridgehead atoms. The summed E-state index contributed by atoms with van der Waals surface area (Å²) in [6, 6.07) is -0.250. The van der Waals surface area contributed by atoms with Gasteiger partial charge in [-0.05, 0) is 69.6 Å². The van der Waals surface area contributed by atoms with Crippen molar-refractivity contribution < 1.29 is 53.8 Å². The maximum Gasteiger partial charge on any atom is 0.311 e. The molecule has 0 aromatic heterocycles. The van der Waals surface area contributed by atoms with Gasteiger partial charge in [0, 0.05) is 62.1 Å². The van der Waals surface area contributed by atoms with Gasteiger partial charge < -0.3 is 39.4 Å². The van der Waals surface area contributed by atoms with Crippen LogP contribution in [0.5, 0.6) is 0 Å². The minimum Gasteiger partial charge on any atom is -0.462 e. The van der Waals surface area contributed by atoms with Crippen LogP contribution in [0.25, 0.3) is 0 Å². The van der Waals surface area contributed by atoms with Gasteiger partial charge in [-0.2, -0.15) is 0 Å². The molecule has 270 valence electrons. The first-order chi connectivity index (χ1) is 22.4. The maximum atomic E-state index is 13.6. The van der Waals surface area contributed by atoms with E-state index in [1.165, 1.54) is 13.8 Å². The Labute approximate surface area is 282 Å². The van der Waals surface area contributed by atoms with E-state index in [1.54, 1.807) is 13.8 Å². The molecular weight excluding hydrogens is 622 g/mol. The fourth-order valence-electron chi connectivity index (χ4n) is 12.6. The average molecular weight is 678 g/mol. The molecule has 17 atom stereocenters. The van der Waals surface area contributed by atoms with Crippen molar-refractivity contribution in [3.63, 3.8) is 0 Å². The van der Waals surface area contributed by atoms with E-state index in [9.17, 15) is 34.8 Å². The first-order valence-corrected chi connectivity index (χ1v) is 18.2. The van der Waals surface area contributed by atoms with E-state index in [2.05, 4.69) is 18.7 Å². The lowest BCUT2D eigenvalue weighted by Crippen LogP contribution is -2.76. The largest absolute Gasteiger partial charge is 0.462 e. The summed E-state index contributed by atoms with van der Waals surface area (Å²) in [6.07, 6.45) is 0.0303. The van der Waals surface area contributed by atoms with Crippen LogP contribution in [-0.2, 0) is 33.3 Å². The first-order valence-electron chi connectivity index (χ1n) is 18.2. The molecule has 0 aromatic carbocycles. The number of aliphatic hydroxyl groups is 4. The van der Waals surface area contributed by atoms with E-state index in [1.807, 2.05) is 6.92 Å². The van der Waals surface area contributed by atoms with Gasteiger partial charge >= 0.3 is 17.9 Å². The Hall–Kier alpha value is -1.83. The third-order valence-corrected chi connectivity index (χ3v) is 14.6. The number of aliphatic hydroxyl groups excluding tert-OH is 1. The van der Waals surface area contributed by atoms with Gasteiger partial charge in [0.05, 0.1) is 17.1 Å². The summed E-state index contributed by atoms with van der Waals surface area (Å²) in [6.45, 7) is 13.5. The van der Waals surface area contributed by atoms with Gasteiger partial charge in [-0.1, -0.05) is 27.7 Å². The summed E-state index contributed by atoms with van der Waals surface area (Å²) in [5.41, 5.74) is -3.32. The van der Waals surface area contributed by atoms with Crippen LogP contribution in [0.3, 0.4) is 0 Å². The van der Waals surface area contributed by atoms with E-state index in [-0.39, 0.29) is 18.4 Å². The van der Waals surface area contributed by atoms with Gasteiger partial charge in [-0.3, -0.25) is 19.3 Å². The second-order valence-electron chi connectivity index (χ2n) is 17.1. The number of carbonyl (C=O) groups is 3. The monoisotopic (exact) mass is 677 g/mol. The van der Waals surface area contributed by atoms with Crippen LogP contribution in [0.4, 0.5) is 0 Å². The van der Waals surface area contributed by atoms with Crippen molar-refractivity contribution in [2.75, 3.05) is 13.1 Å². The second-order valence-corrected chi connectivity index (χ2v) is 17.1. The predicted molar refractivity (Wildman–Crippen MR) is 168 cm³/mol. The van der Waals surface area contributed by atoms with Crippen LogP contribution in [0.15, 0.2) is 0 Å². The number of hydrogen-bond donors (Lipinski definition) is 4. The van der Waals surface area contributed by atoms with Crippen LogP contribution < -0.4 is 0 Å². The highest BCUT2D eigenvalue weighted by atomic mass is 16.7. The Bertz CT molecular complexity index is 1360. The molecule has 12 nitrogen and oxygen atoms in total. The van der Waals surface area contributed by atoms with Crippen molar-refractivity contribution in [3.05, 3.63) is 0 Å². The van der Waals surface area contributed by atoms with Crippen LogP contribution in [0, 0.1) is 52.8 Å². The molecule has 0 radical (unpaired) electrons. The number of rotatable bonds is 5. The highest BCUT2D eigenvalue weighted by Crippen LogP contribution is 2.77. The molecule has 48 heavy (non-hydrogen) atoms. The highest BCUT2D eigenvalue weighted by molar-refractivity contribution is 5.72. The smallest absolute Gasteiger partial charge is 0.311 e. The number of ether oxygens (including phenoxy) is 4. The predicted octanol–water partition coefficient (Wildman–Crippen LogP) is 2.13. The van der Waals surface area contributed by atoms with Crippen LogP contribution in [0.1, 0.15) is 93.4 Å². The lowest BCUT2D eigenvalue weighted by molar-refractivity contribution is -0.349. The summed E-state index contributed by atoms with van der Waals surface area (Å²) >= 11 is 0. The molecule has 7 aliphatic rings. The van der Waals surface area contributed by atoms with Crippen molar-refractivity contribution >= 4 is 17.9 Å². The van der Waals surface area contributed by atoms with Gasteiger partial charge in [0.1, 0.15) is 12.2 Å². The van der Waals surface area contributed by atoms with E-state index < -0.39 is 99.9 Å². The molecule has 12 heteroatoms. The fourth-order valence-corrected chi connectivity index (χ4v) is 12.6. The SMILES string of the molecule is CC[C@@H](C)C(=O)O[C@@]1(O)[C@@H]2[C@@H](C[C@]34O[C@]5(O)[C@@H](OC(C)=O)CC[C@@]3(C)[C@@H]5C[C@@H](OC(C)=O)[C@@H]24)[C@@H]2CN3C[C@@H](C)CC[C@H]3[C@@](C)(O)[C@H]2[C@H]1O. The van der Waals surface area contributed by atoms with Crippen molar-refractivity contribution in [3.8, 4) is 0 Å². The van der Waals surface area contributed by atoms with Crippen molar-refractivity contribution in [1.82, 2.24) is 4.90 Å². The topological polar surface area (TPSA) is 172 Å². The Kier molecular flexibility index (Phi) is 7.99. The third kappa shape index (κ3) is 4.44. The maximum absolute atomic E-state index is 13.6. The molecule has 1 spiro atoms. The number of hydrogen-bond acceptors (Lipinski definition) is 12. The minimum atomic E-state index is -2.45. The summed E-state index contributed by atoms with van der Waals surface area (Å²) in [4.78, 5) is 40.9.